The van der Waals surface area contributed by atoms with Crippen molar-refractivity contribution >= 4 is 0 Å². The highest BCUT2D eigenvalue weighted by Crippen LogP contribution is 2.65. The maximum atomic E-state index is 3.45. The minimum absolute atomic E-state index is 0.869. The lowest BCUT2D eigenvalue weighted by molar-refractivity contribution is -0.139. The van der Waals surface area contributed by atoms with E-state index in [1.807, 2.05) is 0 Å². The lowest BCUT2D eigenvalue weighted by Crippen LogP contribution is -2.58. The van der Waals surface area contributed by atoms with E-state index in [9.17, 15) is 0 Å². The Balaban J connectivity index is 0.679. The molecule has 0 aromatic rings. The predicted octanol–water partition coefficient (Wildman–Crippen LogP) is 21.7. The van der Waals surface area contributed by atoms with Crippen molar-refractivity contribution in [3.8, 4) is 0 Å². The Morgan fingerprint density at radius 2 is 0.475 bits per heavy atom. The fraction of sp³-hybridized carbons (Fsp3) is 0.949. The van der Waals surface area contributed by atoms with Crippen LogP contribution in [-0.4, -0.2) is 46.1 Å². The minimum Gasteiger partial charge on any atom is -0.294 e. The van der Waals surface area contributed by atoms with Crippen LogP contribution in [0.4, 0.5) is 0 Å². The molecule has 0 spiro atoms. The molecule has 0 aromatic carbocycles. The Labute approximate surface area is 495 Å². The zero-order valence-electron chi connectivity index (χ0n) is 52.4. The van der Waals surface area contributed by atoms with Gasteiger partial charge in [-0.3, -0.25) is 9.80 Å². The molecule has 14 aliphatic carbocycles. The molecule has 0 bridgehead atoms. The molecule has 0 amide bonds. The van der Waals surface area contributed by atoms with Crippen LogP contribution in [-0.2, 0) is 0 Å². The van der Waals surface area contributed by atoms with Gasteiger partial charge in [-0.1, -0.05) is 166 Å². The number of hydrogen-bond acceptors (Lipinski definition) is 2. The van der Waals surface area contributed by atoms with Gasteiger partial charge in [0.25, 0.3) is 0 Å². The number of nitrogens with zero attached hydrogens (tertiary/aromatic N) is 2. The van der Waals surface area contributed by atoms with Gasteiger partial charge in [-0.2, -0.15) is 0 Å². The zero-order chi connectivity index (χ0) is 53.2. The third-order valence-corrected chi connectivity index (χ3v) is 29.8. The molecule has 0 aromatic heterocycles. The van der Waals surface area contributed by atoms with Gasteiger partial charge in [0.15, 0.2) is 0 Å². The Morgan fingerprint density at radius 3 is 0.850 bits per heavy atom. The molecule has 2 nitrogen and oxygen atoms in total. The summed E-state index contributed by atoms with van der Waals surface area (Å²) in [4.78, 5) is 6.91. The maximum Gasteiger partial charge on any atom is 0.0132 e. The number of fused-ring (bicyclic) bond motifs is 5. The molecular formula is C78H128N2. The first kappa shape index (κ1) is 57.2. The molecule has 0 N–H and O–H groups in total. The minimum atomic E-state index is 0.869. The van der Waals surface area contributed by atoms with Crippen molar-refractivity contribution in [2.45, 2.75) is 357 Å². The van der Waals surface area contributed by atoms with Crippen molar-refractivity contribution < 1.29 is 0 Å². The molecule has 14 rings (SSSR count). The van der Waals surface area contributed by atoms with Crippen LogP contribution in [0.1, 0.15) is 321 Å². The molecule has 14 aliphatic rings. The monoisotopic (exact) mass is 1090 g/mol. The third-order valence-electron chi connectivity index (χ3n) is 29.8. The Morgan fingerprint density at radius 1 is 0.188 bits per heavy atom. The summed E-state index contributed by atoms with van der Waals surface area (Å²) in [6.07, 6.45) is 88.3. The Kier molecular flexibility index (Phi) is 19.4. The third kappa shape index (κ3) is 12.6. The van der Waals surface area contributed by atoms with E-state index in [-0.39, 0.29) is 0 Å². The molecule has 0 radical (unpaired) electrons. The standard InChI is InChI=1S/C78H128N2/c1-3-17-55(18-4-1)33-35-57-37-45-65(46-38-57)79(75-31-15-25-59-21-9-11-27-69(59)75)67-49-41-61(42-50-67)77-71-29-13-14-30-72(71)78(74-54-64-24-8-7-23-63(64)53-73(74)77)62-43-51-68(52-44-62)80(76-32-16-26-60-22-10-12-28-70(60)76)66-47-39-58(40-48-66)36-34-56-19-5-2-6-20-56/h33-36,55-78H,1-32,37-54H2. The molecular weight excluding hydrogens is 965 g/mol. The molecule has 2 heteroatoms. The first-order valence-corrected chi connectivity index (χ1v) is 38.6. The maximum absolute atomic E-state index is 3.45. The molecule has 0 aliphatic heterocycles. The van der Waals surface area contributed by atoms with Crippen LogP contribution in [0, 0.1) is 107 Å². The van der Waals surface area contributed by atoms with Gasteiger partial charge in [0, 0.05) is 36.3 Å². The van der Waals surface area contributed by atoms with Crippen LogP contribution in [0.25, 0.3) is 0 Å². The molecule has 14 fully saturated rings. The molecule has 14 atom stereocenters. The van der Waals surface area contributed by atoms with Crippen LogP contribution in [0.2, 0.25) is 0 Å². The largest absolute Gasteiger partial charge is 0.294 e. The smallest absolute Gasteiger partial charge is 0.0132 e. The zero-order valence-corrected chi connectivity index (χ0v) is 52.4. The van der Waals surface area contributed by atoms with Crippen molar-refractivity contribution in [1.82, 2.24) is 9.80 Å². The Hall–Kier alpha value is -0.600. The van der Waals surface area contributed by atoms with Gasteiger partial charge >= 0.3 is 0 Å². The van der Waals surface area contributed by atoms with Crippen molar-refractivity contribution in [3.05, 3.63) is 24.3 Å². The molecule has 0 heterocycles. The highest BCUT2D eigenvalue weighted by molar-refractivity contribution is 5.09. The van der Waals surface area contributed by atoms with Gasteiger partial charge in [-0.05, 0) is 286 Å². The first-order valence-electron chi connectivity index (χ1n) is 38.6. The van der Waals surface area contributed by atoms with Crippen LogP contribution >= 0.6 is 0 Å². The number of hydrogen-bond donors (Lipinski definition) is 0. The molecule has 450 valence electrons. The predicted molar refractivity (Wildman–Crippen MR) is 338 cm³/mol. The molecule has 0 saturated heterocycles. The number of rotatable bonds is 12. The normalized spacial score (nSPS) is 47.5. The van der Waals surface area contributed by atoms with Crippen molar-refractivity contribution in [3.63, 3.8) is 0 Å². The number of allylic oxidation sites excluding steroid dienone is 4. The summed E-state index contributed by atoms with van der Waals surface area (Å²) in [7, 11) is 0. The van der Waals surface area contributed by atoms with Crippen molar-refractivity contribution in [1.29, 1.82) is 0 Å². The summed E-state index contributed by atoms with van der Waals surface area (Å²) in [5, 5.41) is 0. The molecule has 14 unspecified atom stereocenters. The highest BCUT2D eigenvalue weighted by Gasteiger charge is 2.58. The summed E-state index contributed by atoms with van der Waals surface area (Å²) in [6, 6.07) is 5.39. The topological polar surface area (TPSA) is 6.48 Å². The second kappa shape index (κ2) is 27.2. The fourth-order valence-corrected chi connectivity index (χ4v) is 26.3. The molecule has 80 heavy (non-hydrogen) atoms. The van der Waals surface area contributed by atoms with Gasteiger partial charge in [-0.15, -0.1) is 0 Å². The van der Waals surface area contributed by atoms with E-state index in [1.54, 1.807) is 167 Å². The summed E-state index contributed by atoms with van der Waals surface area (Å²) in [5.74, 6) is 18.4. The lowest BCUT2D eigenvalue weighted by atomic mass is 9.43. The van der Waals surface area contributed by atoms with Gasteiger partial charge in [0.05, 0.1) is 0 Å². The molecule has 14 saturated carbocycles. The summed E-state index contributed by atoms with van der Waals surface area (Å²) < 4.78 is 0. The van der Waals surface area contributed by atoms with Crippen molar-refractivity contribution in [2.75, 3.05) is 0 Å². The second-order valence-corrected chi connectivity index (χ2v) is 33.5. The van der Waals surface area contributed by atoms with Gasteiger partial charge in [-0.25, -0.2) is 0 Å². The van der Waals surface area contributed by atoms with Crippen LogP contribution in [0.5, 0.6) is 0 Å². The second-order valence-electron chi connectivity index (χ2n) is 33.5. The van der Waals surface area contributed by atoms with Gasteiger partial charge in [0.2, 0.25) is 0 Å². The van der Waals surface area contributed by atoms with E-state index < -0.39 is 0 Å². The van der Waals surface area contributed by atoms with Gasteiger partial charge in [0.1, 0.15) is 0 Å². The Bertz CT molecular complexity index is 1780. The van der Waals surface area contributed by atoms with Crippen molar-refractivity contribution in [2.24, 2.45) is 107 Å². The van der Waals surface area contributed by atoms with Crippen LogP contribution in [0.3, 0.4) is 0 Å². The van der Waals surface area contributed by atoms with Crippen LogP contribution < -0.4 is 0 Å². The SMILES string of the molecule is C(=CC1CCC(N(C2CCC(C3C4CCCCC4C(C4CCC(N(C5CCC(C=CC6CCCCC6)CC5)C5CCCC6CCCCC65)CC4)C4CC5CCCCC5CC43)CC2)C2CCCC3CCCCC32)CC1)C1CCCCC1. The summed E-state index contributed by atoms with van der Waals surface area (Å²) in [6.45, 7) is 0. The van der Waals surface area contributed by atoms with E-state index >= 15 is 0 Å². The quantitative estimate of drug-likeness (QED) is 0.180. The van der Waals surface area contributed by atoms with E-state index in [1.165, 1.54) is 154 Å². The fourth-order valence-electron chi connectivity index (χ4n) is 26.3. The van der Waals surface area contributed by atoms with E-state index in [0.29, 0.717) is 0 Å². The first-order chi connectivity index (χ1) is 39.7. The average Bonchev–Trinajstić information content (AvgIpc) is 3.56. The van der Waals surface area contributed by atoms with E-state index in [0.717, 1.165) is 143 Å². The van der Waals surface area contributed by atoms with Crippen LogP contribution in [0.15, 0.2) is 24.3 Å². The highest BCUT2D eigenvalue weighted by atomic mass is 15.2. The van der Waals surface area contributed by atoms with E-state index in [4.69, 9.17) is 0 Å². The van der Waals surface area contributed by atoms with Gasteiger partial charge < -0.3 is 0 Å². The lowest BCUT2D eigenvalue weighted by Gasteiger charge is -2.63. The summed E-state index contributed by atoms with van der Waals surface area (Å²) >= 11 is 0. The van der Waals surface area contributed by atoms with E-state index in [2.05, 4.69) is 34.1 Å². The summed E-state index contributed by atoms with van der Waals surface area (Å²) in [5.41, 5.74) is 0. The average molecular weight is 1090 g/mol.